The minimum absolute atomic E-state index is 0.0455. The van der Waals surface area contributed by atoms with Crippen LogP contribution in [0.25, 0.3) is 0 Å². The van der Waals surface area contributed by atoms with Gasteiger partial charge < -0.3 is 15.8 Å². The van der Waals surface area contributed by atoms with Crippen LogP contribution in [0.4, 0.5) is 0 Å². The number of carbonyl (C=O) groups excluding carboxylic acids is 1. The molecule has 1 aromatic rings. The van der Waals surface area contributed by atoms with Gasteiger partial charge in [-0.1, -0.05) is 6.07 Å². The Labute approximate surface area is 118 Å². The van der Waals surface area contributed by atoms with Gasteiger partial charge in [0.15, 0.2) is 0 Å². The van der Waals surface area contributed by atoms with Crippen LogP contribution in [0.3, 0.4) is 0 Å². The molecule has 3 unspecified atom stereocenters. The van der Waals surface area contributed by atoms with Gasteiger partial charge in [-0.3, -0.25) is 4.79 Å². The van der Waals surface area contributed by atoms with Crippen LogP contribution < -0.4 is 15.8 Å². The normalized spacial score (nSPS) is 32.5. The van der Waals surface area contributed by atoms with Crippen LogP contribution in [0.2, 0.25) is 0 Å². The first kappa shape index (κ1) is 12.2. The highest BCUT2D eigenvalue weighted by atomic mass is 16.5. The van der Waals surface area contributed by atoms with Crippen LogP contribution in [-0.2, 0) is 0 Å². The average molecular weight is 272 g/mol. The first-order chi connectivity index (χ1) is 9.72. The van der Waals surface area contributed by atoms with Crippen LogP contribution >= 0.6 is 0 Å². The molecule has 0 radical (unpaired) electrons. The molecule has 3 aliphatic rings. The van der Waals surface area contributed by atoms with Gasteiger partial charge in [0.2, 0.25) is 0 Å². The van der Waals surface area contributed by atoms with Crippen molar-refractivity contribution < 1.29 is 9.53 Å². The molecule has 2 aliphatic carbocycles. The van der Waals surface area contributed by atoms with Gasteiger partial charge in [0.1, 0.15) is 12.4 Å². The number of amides is 1. The molecular weight excluding hydrogens is 252 g/mol. The zero-order chi connectivity index (χ0) is 13.7. The minimum atomic E-state index is -0.0548. The molecular formula is C16H20N2O2. The lowest BCUT2D eigenvalue weighted by Gasteiger charge is -2.21. The molecule has 3 atom stereocenters. The van der Waals surface area contributed by atoms with E-state index in [1.165, 1.54) is 19.3 Å². The van der Waals surface area contributed by atoms with Crippen LogP contribution in [0.5, 0.6) is 5.75 Å². The number of hydrogen-bond donors (Lipinski definition) is 2. The molecule has 0 saturated heterocycles. The van der Waals surface area contributed by atoms with Gasteiger partial charge in [0.25, 0.3) is 5.91 Å². The van der Waals surface area contributed by atoms with Gasteiger partial charge in [-0.25, -0.2) is 0 Å². The SMILES string of the molecule is NC(c1ccc2c(c1)C(=O)NCCO2)C1CC2CC2C1. The molecule has 3 N–H and O–H groups in total. The van der Waals surface area contributed by atoms with Gasteiger partial charge >= 0.3 is 0 Å². The average Bonchev–Trinajstić information content (AvgIpc) is 3.13. The fourth-order valence-electron chi connectivity index (χ4n) is 3.81. The van der Waals surface area contributed by atoms with E-state index >= 15 is 0 Å². The van der Waals surface area contributed by atoms with Crippen molar-refractivity contribution in [3.05, 3.63) is 29.3 Å². The second-order valence-corrected chi connectivity index (χ2v) is 6.37. The number of hydrogen-bond acceptors (Lipinski definition) is 3. The highest BCUT2D eigenvalue weighted by molar-refractivity contribution is 5.97. The van der Waals surface area contributed by atoms with Crippen molar-refractivity contribution >= 4 is 5.91 Å². The number of nitrogens with two attached hydrogens (primary N) is 1. The van der Waals surface area contributed by atoms with Gasteiger partial charge in [-0.2, -0.15) is 0 Å². The Morgan fingerprint density at radius 3 is 2.85 bits per heavy atom. The Morgan fingerprint density at radius 2 is 2.05 bits per heavy atom. The van der Waals surface area contributed by atoms with Crippen LogP contribution in [0.15, 0.2) is 18.2 Å². The molecule has 2 fully saturated rings. The summed E-state index contributed by atoms with van der Waals surface area (Å²) in [5, 5.41) is 2.85. The lowest BCUT2D eigenvalue weighted by Crippen LogP contribution is -2.25. The van der Waals surface area contributed by atoms with E-state index in [0.717, 1.165) is 17.4 Å². The maximum Gasteiger partial charge on any atom is 0.255 e. The van der Waals surface area contributed by atoms with Gasteiger partial charge in [-0.05, 0) is 54.7 Å². The molecule has 4 rings (SSSR count). The number of rotatable bonds is 2. The lowest BCUT2D eigenvalue weighted by molar-refractivity contribution is 0.0957. The standard InChI is InChI=1S/C16H20N2O2/c17-15(12-6-10-5-11(10)7-12)9-1-2-14-13(8-9)16(19)18-3-4-20-14/h1-2,8,10-12,15H,3-7,17H2,(H,18,19). The van der Waals surface area contributed by atoms with Crippen LogP contribution in [0, 0.1) is 17.8 Å². The van der Waals surface area contributed by atoms with Crippen molar-refractivity contribution in [2.24, 2.45) is 23.5 Å². The first-order valence-electron chi connectivity index (χ1n) is 7.53. The van der Waals surface area contributed by atoms with Crippen molar-refractivity contribution in [3.8, 4) is 5.75 Å². The summed E-state index contributed by atoms with van der Waals surface area (Å²) in [6.45, 7) is 1.08. The van der Waals surface area contributed by atoms with Crippen molar-refractivity contribution in [2.75, 3.05) is 13.2 Å². The minimum Gasteiger partial charge on any atom is -0.491 e. The molecule has 106 valence electrons. The summed E-state index contributed by atoms with van der Waals surface area (Å²) in [5.41, 5.74) is 8.12. The Bertz CT molecular complexity index is 547. The largest absolute Gasteiger partial charge is 0.491 e. The molecule has 0 aromatic heterocycles. The van der Waals surface area contributed by atoms with E-state index < -0.39 is 0 Å². The highest BCUT2D eigenvalue weighted by Crippen LogP contribution is 2.56. The van der Waals surface area contributed by atoms with E-state index in [4.69, 9.17) is 10.5 Å². The topological polar surface area (TPSA) is 64.4 Å². The van der Waals surface area contributed by atoms with E-state index in [0.29, 0.717) is 30.4 Å². The first-order valence-corrected chi connectivity index (χ1v) is 7.53. The van der Waals surface area contributed by atoms with E-state index in [1.54, 1.807) is 0 Å². The fraction of sp³-hybridized carbons (Fsp3) is 0.562. The van der Waals surface area contributed by atoms with E-state index in [2.05, 4.69) is 5.32 Å². The van der Waals surface area contributed by atoms with Gasteiger partial charge in [0.05, 0.1) is 12.1 Å². The Kier molecular flexibility index (Phi) is 2.74. The molecule has 1 heterocycles. The molecule has 1 aliphatic heterocycles. The Morgan fingerprint density at radius 1 is 1.25 bits per heavy atom. The lowest BCUT2D eigenvalue weighted by atomic mass is 9.89. The smallest absolute Gasteiger partial charge is 0.255 e. The number of ether oxygens (including phenoxy) is 1. The molecule has 0 spiro atoms. The third kappa shape index (κ3) is 1.99. The summed E-state index contributed by atoms with van der Waals surface area (Å²) in [6, 6.07) is 5.88. The third-order valence-corrected chi connectivity index (χ3v) is 5.07. The molecule has 2 saturated carbocycles. The summed E-state index contributed by atoms with van der Waals surface area (Å²) < 4.78 is 5.58. The number of carbonyl (C=O) groups is 1. The van der Waals surface area contributed by atoms with Crippen molar-refractivity contribution in [1.29, 1.82) is 0 Å². The number of benzene rings is 1. The van der Waals surface area contributed by atoms with E-state index in [9.17, 15) is 4.79 Å². The zero-order valence-electron chi connectivity index (χ0n) is 11.5. The summed E-state index contributed by atoms with van der Waals surface area (Å²) in [5.74, 6) is 3.05. The van der Waals surface area contributed by atoms with Crippen molar-refractivity contribution in [3.63, 3.8) is 0 Å². The highest BCUT2D eigenvalue weighted by Gasteiger charge is 2.47. The molecule has 1 amide bonds. The summed E-state index contributed by atoms with van der Waals surface area (Å²) in [7, 11) is 0. The molecule has 0 bridgehead atoms. The zero-order valence-corrected chi connectivity index (χ0v) is 11.5. The van der Waals surface area contributed by atoms with Crippen molar-refractivity contribution in [1.82, 2.24) is 5.32 Å². The molecule has 1 aromatic carbocycles. The maximum absolute atomic E-state index is 12.0. The molecule has 20 heavy (non-hydrogen) atoms. The van der Waals surface area contributed by atoms with Gasteiger partial charge in [-0.15, -0.1) is 0 Å². The predicted octanol–water partition coefficient (Wildman–Crippen LogP) is 1.85. The second-order valence-electron chi connectivity index (χ2n) is 6.37. The quantitative estimate of drug-likeness (QED) is 0.863. The van der Waals surface area contributed by atoms with Gasteiger partial charge in [0, 0.05) is 6.04 Å². The predicted molar refractivity (Wildman–Crippen MR) is 75.5 cm³/mol. The number of nitrogens with one attached hydrogen (secondary N) is 1. The molecule has 4 nitrogen and oxygen atoms in total. The Balaban J connectivity index is 1.60. The maximum atomic E-state index is 12.0. The van der Waals surface area contributed by atoms with Crippen molar-refractivity contribution in [2.45, 2.75) is 25.3 Å². The Hall–Kier alpha value is -1.55. The summed E-state index contributed by atoms with van der Waals surface area (Å²) in [6.07, 6.45) is 3.92. The van der Waals surface area contributed by atoms with Crippen LogP contribution in [-0.4, -0.2) is 19.1 Å². The third-order valence-electron chi connectivity index (χ3n) is 5.07. The van der Waals surface area contributed by atoms with E-state index in [1.807, 2.05) is 18.2 Å². The second kappa shape index (κ2) is 4.48. The molecule has 4 heteroatoms. The fourth-order valence-corrected chi connectivity index (χ4v) is 3.81. The van der Waals surface area contributed by atoms with Crippen LogP contribution in [0.1, 0.15) is 41.2 Å². The van der Waals surface area contributed by atoms with E-state index in [-0.39, 0.29) is 11.9 Å². The summed E-state index contributed by atoms with van der Waals surface area (Å²) in [4.78, 5) is 12.0. The summed E-state index contributed by atoms with van der Waals surface area (Å²) >= 11 is 0. The monoisotopic (exact) mass is 272 g/mol. The number of fused-ring (bicyclic) bond motifs is 2.